The first-order valence-corrected chi connectivity index (χ1v) is 6.48. The molecule has 3 atom stereocenters. The molecule has 0 bridgehead atoms. The number of aliphatic hydroxyl groups is 1. The second kappa shape index (κ2) is 8.42. The molecule has 0 aromatic rings. The zero-order valence-electron chi connectivity index (χ0n) is 13.5. The number of hydrogen-bond acceptors (Lipinski definition) is 7. The van der Waals surface area contributed by atoms with Crippen LogP contribution in [-0.4, -0.2) is 72.7 Å². The van der Waals surface area contributed by atoms with Gasteiger partial charge in [0.25, 0.3) is 0 Å². The number of hydrogen-bond donors (Lipinski definition) is 2. The quantitative estimate of drug-likeness (QED) is 0.380. The molecule has 0 aromatic heterocycles. The summed E-state index contributed by atoms with van der Waals surface area (Å²) in [5.74, 6) is -3.17. The first kappa shape index (κ1) is 23.1. The molecule has 22 heavy (non-hydrogen) atoms. The fraction of sp³-hybridized carbons (Fsp3) is 0.769. The van der Waals surface area contributed by atoms with Gasteiger partial charge in [0, 0.05) is 12.4 Å². The number of carbonyl (C=O) groups excluding carboxylic acids is 3. The van der Waals surface area contributed by atoms with Crippen molar-refractivity contribution in [3.63, 3.8) is 0 Å². The standard InChI is InChI=1S/C13H24N2O6.ClH/c1-8(16)11(14)12(20)21-13(9(2)17,6-10(18)19)7-15(3,4)5;/h8,11,16H,6-7,14H2,1-5H3;1H/t8-,11+,13-;/m1./s1. The van der Waals surface area contributed by atoms with Gasteiger partial charge in [0.2, 0.25) is 5.60 Å². The Kier molecular flexibility index (Phi) is 8.83. The number of carbonyl (C=O) groups is 3. The molecule has 9 heteroatoms. The van der Waals surface area contributed by atoms with Crippen LogP contribution < -0.4 is 10.8 Å². The second-order valence-electron chi connectivity index (χ2n) is 6.24. The summed E-state index contributed by atoms with van der Waals surface area (Å²) in [7, 11) is 5.15. The molecule has 8 nitrogen and oxygen atoms in total. The molecule has 0 heterocycles. The normalized spacial score (nSPS) is 16.7. The smallest absolute Gasteiger partial charge is 0.326 e. The highest BCUT2D eigenvalue weighted by Gasteiger charge is 2.45. The van der Waals surface area contributed by atoms with Crippen LogP contribution in [0.15, 0.2) is 0 Å². The lowest BCUT2D eigenvalue weighted by molar-refractivity contribution is -0.875. The number of ether oxygens (including phenoxy) is 1. The van der Waals surface area contributed by atoms with Gasteiger partial charge < -0.3 is 30.0 Å². The number of likely N-dealkylation sites (N-methyl/N-ethyl adjacent to an activating group) is 1. The first-order chi connectivity index (χ1) is 9.30. The molecule has 0 amide bonds. The Morgan fingerprint density at radius 2 is 1.77 bits per heavy atom. The van der Waals surface area contributed by atoms with E-state index in [0.29, 0.717) is 0 Å². The highest BCUT2D eigenvalue weighted by Crippen LogP contribution is 2.22. The maximum Gasteiger partial charge on any atom is 0.326 e. The summed E-state index contributed by atoms with van der Waals surface area (Å²) in [6.45, 7) is 2.37. The van der Waals surface area contributed by atoms with E-state index in [0.717, 1.165) is 6.92 Å². The topological polar surface area (TPSA) is 130 Å². The molecule has 0 aliphatic heterocycles. The van der Waals surface area contributed by atoms with Crippen LogP contribution in [0.1, 0.15) is 20.3 Å². The van der Waals surface area contributed by atoms with Crippen LogP contribution in [0.25, 0.3) is 0 Å². The van der Waals surface area contributed by atoms with E-state index < -0.39 is 41.9 Å². The Morgan fingerprint density at radius 1 is 1.32 bits per heavy atom. The van der Waals surface area contributed by atoms with E-state index in [1.807, 2.05) is 0 Å². The summed E-state index contributed by atoms with van der Waals surface area (Å²) in [5, 5.41) is 20.2. The number of Topliss-reactive ketones (excluding diaryl/α,β-unsaturated/α-hetero) is 1. The number of aliphatic hydroxyl groups excluding tert-OH is 1. The van der Waals surface area contributed by atoms with Crippen LogP contribution >= 0.6 is 12.4 Å². The molecule has 0 aliphatic rings. The van der Waals surface area contributed by atoms with Crippen LogP contribution in [0.4, 0.5) is 0 Å². The molecule has 0 radical (unpaired) electrons. The van der Waals surface area contributed by atoms with Crippen LogP contribution in [0.2, 0.25) is 0 Å². The Morgan fingerprint density at radius 3 is 2.05 bits per heavy atom. The fourth-order valence-corrected chi connectivity index (χ4v) is 1.89. The monoisotopic (exact) mass is 340 g/mol. The average molecular weight is 341 g/mol. The predicted octanol–water partition coefficient (Wildman–Crippen LogP) is -2.17. The van der Waals surface area contributed by atoms with Crippen molar-refractivity contribution in [3.8, 4) is 0 Å². The molecule has 3 N–H and O–H groups in total. The maximum absolute atomic E-state index is 11.9. The Hall–Kier alpha value is -1.22. The van der Waals surface area contributed by atoms with Crippen LogP contribution in [0.3, 0.4) is 0 Å². The van der Waals surface area contributed by atoms with Gasteiger partial charge in [-0.15, -0.1) is 12.4 Å². The second-order valence-corrected chi connectivity index (χ2v) is 6.24. The van der Waals surface area contributed by atoms with E-state index in [1.165, 1.54) is 6.92 Å². The van der Waals surface area contributed by atoms with Gasteiger partial charge in [-0.05, 0) is 13.8 Å². The van der Waals surface area contributed by atoms with Crippen molar-refractivity contribution in [2.45, 2.75) is 38.0 Å². The fourth-order valence-electron chi connectivity index (χ4n) is 1.89. The predicted molar refractivity (Wildman–Crippen MR) is 78.9 cm³/mol. The number of esters is 1. The lowest BCUT2D eigenvalue weighted by Gasteiger charge is -2.38. The van der Waals surface area contributed by atoms with E-state index in [4.69, 9.17) is 10.5 Å². The van der Waals surface area contributed by atoms with E-state index in [-0.39, 0.29) is 23.4 Å². The van der Waals surface area contributed by atoms with Crippen molar-refractivity contribution in [2.24, 2.45) is 5.73 Å². The van der Waals surface area contributed by atoms with Gasteiger partial charge in [0.15, 0.2) is 5.78 Å². The maximum atomic E-state index is 11.9. The Balaban J connectivity index is 0. The van der Waals surface area contributed by atoms with Gasteiger partial charge in [-0.1, -0.05) is 0 Å². The number of aliphatic carboxylic acids is 1. The molecule has 0 aliphatic carbocycles. The van der Waals surface area contributed by atoms with Crippen molar-refractivity contribution in [1.29, 1.82) is 0 Å². The number of nitrogens with two attached hydrogens (primary N) is 1. The molecular weight excluding hydrogens is 316 g/mol. The van der Waals surface area contributed by atoms with Gasteiger partial charge in [-0.2, -0.15) is 0 Å². The summed E-state index contributed by atoms with van der Waals surface area (Å²) in [6, 6.07) is -1.36. The number of quaternary nitrogens is 1. The largest absolute Gasteiger partial charge is 0.550 e. The van der Waals surface area contributed by atoms with Crippen molar-refractivity contribution in [1.82, 2.24) is 0 Å². The molecule has 0 saturated heterocycles. The number of carboxylic acids is 1. The van der Waals surface area contributed by atoms with E-state index >= 15 is 0 Å². The summed E-state index contributed by atoms with van der Waals surface area (Å²) >= 11 is 0. The summed E-state index contributed by atoms with van der Waals surface area (Å²) in [5.41, 5.74) is 3.58. The molecule has 0 rings (SSSR count). The highest BCUT2D eigenvalue weighted by molar-refractivity contribution is 5.92. The molecule has 0 aromatic carbocycles. The number of ketones is 1. The lowest BCUT2D eigenvalue weighted by Crippen LogP contribution is -2.59. The minimum atomic E-state index is -1.87. The van der Waals surface area contributed by atoms with Crippen molar-refractivity contribution in [3.05, 3.63) is 0 Å². The minimum Gasteiger partial charge on any atom is -0.550 e. The van der Waals surface area contributed by atoms with Crippen LogP contribution in [0.5, 0.6) is 0 Å². The lowest BCUT2D eigenvalue weighted by atomic mass is 9.93. The minimum absolute atomic E-state index is 0. The third kappa shape index (κ3) is 7.17. The number of rotatable bonds is 8. The Bertz CT molecular complexity index is 421. The highest BCUT2D eigenvalue weighted by atomic mass is 35.5. The molecule has 0 spiro atoms. The summed E-state index contributed by atoms with van der Waals surface area (Å²) in [4.78, 5) is 34.8. The third-order valence-corrected chi connectivity index (χ3v) is 2.89. The average Bonchev–Trinajstić information content (AvgIpc) is 2.23. The van der Waals surface area contributed by atoms with E-state index in [9.17, 15) is 24.6 Å². The van der Waals surface area contributed by atoms with Crippen molar-refractivity contribution in [2.75, 3.05) is 27.7 Å². The van der Waals surface area contributed by atoms with Gasteiger partial charge in [-0.3, -0.25) is 9.59 Å². The molecule has 0 saturated carbocycles. The number of nitrogens with zero attached hydrogens (tertiary/aromatic N) is 1. The molecular formula is C13H25ClN2O6. The first-order valence-electron chi connectivity index (χ1n) is 6.48. The van der Waals surface area contributed by atoms with E-state index in [1.54, 1.807) is 21.1 Å². The van der Waals surface area contributed by atoms with Gasteiger partial charge >= 0.3 is 5.97 Å². The zero-order chi connectivity index (χ0) is 17.0. The zero-order valence-corrected chi connectivity index (χ0v) is 14.3. The summed E-state index contributed by atoms with van der Waals surface area (Å²) in [6.07, 6.45) is -1.95. The van der Waals surface area contributed by atoms with Gasteiger partial charge in [-0.25, -0.2) is 0 Å². The van der Waals surface area contributed by atoms with Gasteiger partial charge in [0.05, 0.1) is 27.2 Å². The van der Waals surface area contributed by atoms with E-state index in [2.05, 4.69) is 0 Å². The van der Waals surface area contributed by atoms with Crippen LogP contribution in [-0.2, 0) is 19.1 Å². The molecule has 0 fully saturated rings. The SMILES string of the molecule is CC(=O)[C@@](CC(=O)[O-])(C[N+](C)(C)C)OC(=O)[C@@H](N)[C@@H](C)O.Cl. The Labute approximate surface area is 136 Å². The van der Waals surface area contributed by atoms with Gasteiger partial charge in [0.1, 0.15) is 12.6 Å². The van der Waals surface area contributed by atoms with Crippen molar-refractivity contribution < 1.29 is 33.8 Å². The van der Waals surface area contributed by atoms with Crippen molar-refractivity contribution >= 4 is 30.1 Å². The summed E-state index contributed by atoms with van der Waals surface area (Å²) < 4.78 is 5.28. The number of halogens is 1. The molecule has 0 unspecified atom stereocenters. The number of carboxylic acid groups (broad SMARTS) is 1. The third-order valence-electron chi connectivity index (χ3n) is 2.89. The molecule has 130 valence electrons. The van der Waals surface area contributed by atoms with Crippen LogP contribution in [0, 0.1) is 0 Å².